The van der Waals surface area contributed by atoms with Crippen molar-refractivity contribution < 1.29 is 9.53 Å². The molecule has 0 radical (unpaired) electrons. The van der Waals surface area contributed by atoms with Crippen LogP contribution in [0.15, 0.2) is 43.2 Å². The second kappa shape index (κ2) is 8.01. The van der Waals surface area contributed by atoms with Gasteiger partial charge in [-0.1, -0.05) is 24.8 Å². The van der Waals surface area contributed by atoms with E-state index in [0.29, 0.717) is 5.56 Å². The molecule has 14 heavy (non-hydrogen) atoms. The average Bonchev–Trinajstić information content (AvgIpc) is 2.21. The quantitative estimate of drug-likeness (QED) is 0.575. The Hall–Kier alpha value is -1.61. The van der Waals surface area contributed by atoms with Gasteiger partial charge in [-0.25, -0.2) is 4.79 Å². The number of rotatable bonds is 2. The van der Waals surface area contributed by atoms with Gasteiger partial charge in [-0.2, -0.15) is 0 Å². The van der Waals surface area contributed by atoms with Gasteiger partial charge in [-0.3, -0.25) is 0 Å². The SMILES string of the molecule is C=COC(=O)c1ccccc1.CNC. The predicted molar refractivity (Wildman–Crippen MR) is 57.0 cm³/mol. The predicted octanol–water partition coefficient (Wildman–Crippen LogP) is 1.82. The van der Waals surface area contributed by atoms with Crippen LogP contribution in [0.5, 0.6) is 0 Å². The number of carbonyl (C=O) groups excluding carboxylic acids is 1. The van der Waals surface area contributed by atoms with E-state index in [2.05, 4.69) is 16.6 Å². The van der Waals surface area contributed by atoms with E-state index in [1.165, 1.54) is 0 Å². The molecule has 76 valence electrons. The summed E-state index contributed by atoms with van der Waals surface area (Å²) in [5.41, 5.74) is 0.535. The van der Waals surface area contributed by atoms with Crippen LogP contribution in [0.3, 0.4) is 0 Å². The van der Waals surface area contributed by atoms with Gasteiger partial charge >= 0.3 is 5.97 Å². The Balaban J connectivity index is 0.000000500. The highest BCUT2D eigenvalue weighted by atomic mass is 16.5. The molecule has 1 rings (SSSR count). The van der Waals surface area contributed by atoms with Gasteiger partial charge in [0.2, 0.25) is 0 Å². The van der Waals surface area contributed by atoms with Gasteiger partial charge in [0.15, 0.2) is 0 Å². The van der Waals surface area contributed by atoms with Gasteiger partial charge in [-0.15, -0.1) is 0 Å². The number of carbonyl (C=O) groups is 1. The molecule has 3 heteroatoms. The van der Waals surface area contributed by atoms with E-state index in [1.807, 2.05) is 20.2 Å². The van der Waals surface area contributed by atoms with Crippen molar-refractivity contribution in [2.75, 3.05) is 14.1 Å². The molecule has 1 N–H and O–H groups in total. The van der Waals surface area contributed by atoms with Crippen LogP contribution in [0.25, 0.3) is 0 Å². The van der Waals surface area contributed by atoms with E-state index in [-0.39, 0.29) is 5.97 Å². The number of nitrogens with one attached hydrogen (secondary N) is 1. The lowest BCUT2D eigenvalue weighted by molar-refractivity contribution is 0.0664. The minimum absolute atomic E-state index is 0.374. The fraction of sp³-hybridized carbons (Fsp3) is 0.182. The summed E-state index contributed by atoms with van der Waals surface area (Å²) in [7, 11) is 3.75. The molecule has 0 unspecified atom stereocenters. The summed E-state index contributed by atoms with van der Waals surface area (Å²) in [6, 6.07) is 8.77. The molecule has 1 aromatic carbocycles. The summed E-state index contributed by atoms with van der Waals surface area (Å²) in [5, 5.41) is 2.75. The lowest BCUT2D eigenvalue weighted by atomic mass is 10.2. The molecule has 0 aliphatic heterocycles. The standard InChI is InChI=1S/C9H8O2.C2H7N/c1-2-11-9(10)8-6-4-3-5-7-8;1-3-2/h2-7H,1H2;3H,1-2H3. The third-order valence-corrected chi connectivity index (χ3v) is 1.20. The van der Waals surface area contributed by atoms with Crippen molar-refractivity contribution in [3.63, 3.8) is 0 Å². The average molecular weight is 193 g/mol. The van der Waals surface area contributed by atoms with Gasteiger partial charge in [0, 0.05) is 0 Å². The van der Waals surface area contributed by atoms with Crippen molar-refractivity contribution in [3.05, 3.63) is 48.7 Å². The van der Waals surface area contributed by atoms with Gasteiger partial charge in [0.1, 0.15) is 0 Å². The van der Waals surface area contributed by atoms with Crippen molar-refractivity contribution in [1.82, 2.24) is 5.32 Å². The molecule has 0 bridgehead atoms. The first kappa shape index (κ1) is 12.4. The second-order valence-electron chi connectivity index (χ2n) is 2.44. The van der Waals surface area contributed by atoms with Crippen LogP contribution in [0, 0.1) is 0 Å². The lowest BCUT2D eigenvalue weighted by Crippen LogP contribution is -1.98. The molecule has 0 amide bonds. The highest BCUT2D eigenvalue weighted by Gasteiger charge is 2.01. The molecular formula is C11H15NO2. The van der Waals surface area contributed by atoms with Crippen LogP contribution in [-0.4, -0.2) is 20.1 Å². The highest BCUT2D eigenvalue weighted by Crippen LogP contribution is 2.00. The molecule has 1 aromatic rings. The number of esters is 1. The minimum atomic E-state index is -0.374. The molecule has 0 aliphatic carbocycles. The molecule has 0 atom stereocenters. The zero-order chi connectivity index (χ0) is 10.8. The summed E-state index contributed by atoms with van der Waals surface area (Å²) >= 11 is 0. The molecule has 0 aromatic heterocycles. The molecule has 3 nitrogen and oxygen atoms in total. The van der Waals surface area contributed by atoms with E-state index in [1.54, 1.807) is 24.3 Å². The Labute approximate surface area is 84.4 Å². The zero-order valence-corrected chi connectivity index (χ0v) is 8.49. The number of benzene rings is 1. The summed E-state index contributed by atoms with van der Waals surface area (Å²) in [4.78, 5) is 11.0. The number of hydrogen-bond donors (Lipinski definition) is 1. The maximum Gasteiger partial charge on any atom is 0.342 e. The van der Waals surface area contributed by atoms with E-state index < -0.39 is 0 Å². The van der Waals surface area contributed by atoms with Crippen LogP contribution in [0.1, 0.15) is 10.4 Å². The van der Waals surface area contributed by atoms with Gasteiger partial charge in [-0.05, 0) is 26.2 Å². The maximum absolute atomic E-state index is 11.0. The van der Waals surface area contributed by atoms with Crippen molar-refractivity contribution in [1.29, 1.82) is 0 Å². The first-order valence-corrected chi connectivity index (χ1v) is 4.21. The Morgan fingerprint density at radius 1 is 1.36 bits per heavy atom. The molecule has 0 fully saturated rings. The highest BCUT2D eigenvalue weighted by molar-refractivity contribution is 5.89. The van der Waals surface area contributed by atoms with Gasteiger partial charge < -0.3 is 10.1 Å². The van der Waals surface area contributed by atoms with Crippen LogP contribution < -0.4 is 5.32 Å². The smallest absolute Gasteiger partial charge is 0.342 e. The molecule has 0 saturated heterocycles. The number of ether oxygens (including phenoxy) is 1. The Kier molecular flexibility index (Phi) is 7.09. The Bertz CT molecular complexity index is 270. The summed E-state index contributed by atoms with van der Waals surface area (Å²) in [5.74, 6) is -0.374. The van der Waals surface area contributed by atoms with Crippen molar-refractivity contribution in [2.45, 2.75) is 0 Å². The van der Waals surface area contributed by atoms with Crippen LogP contribution in [0.2, 0.25) is 0 Å². The van der Waals surface area contributed by atoms with E-state index in [0.717, 1.165) is 6.26 Å². The number of hydrogen-bond acceptors (Lipinski definition) is 3. The molecular weight excluding hydrogens is 178 g/mol. The molecule has 0 heterocycles. The monoisotopic (exact) mass is 193 g/mol. The fourth-order valence-electron chi connectivity index (χ4n) is 0.718. The largest absolute Gasteiger partial charge is 0.432 e. The van der Waals surface area contributed by atoms with E-state index in [9.17, 15) is 4.79 Å². The first-order chi connectivity index (χ1) is 6.76. The third-order valence-electron chi connectivity index (χ3n) is 1.20. The van der Waals surface area contributed by atoms with Gasteiger partial charge in [0.05, 0.1) is 11.8 Å². The normalized spacial score (nSPS) is 8.14. The lowest BCUT2D eigenvalue weighted by Gasteiger charge is -1.96. The van der Waals surface area contributed by atoms with Crippen molar-refractivity contribution >= 4 is 5.97 Å². The fourth-order valence-corrected chi connectivity index (χ4v) is 0.718. The van der Waals surface area contributed by atoms with Crippen molar-refractivity contribution in [2.24, 2.45) is 0 Å². The molecule has 0 aliphatic rings. The van der Waals surface area contributed by atoms with Gasteiger partial charge in [0.25, 0.3) is 0 Å². The summed E-state index contributed by atoms with van der Waals surface area (Å²) in [6.07, 6.45) is 1.12. The molecule has 0 saturated carbocycles. The topological polar surface area (TPSA) is 38.3 Å². The minimum Gasteiger partial charge on any atom is -0.432 e. The first-order valence-electron chi connectivity index (χ1n) is 4.21. The maximum atomic E-state index is 11.0. The Morgan fingerprint density at radius 2 is 1.86 bits per heavy atom. The summed E-state index contributed by atoms with van der Waals surface area (Å²) in [6.45, 7) is 3.28. The summed E-state index contributed by atoms with van der Waals surface area (Å²) < 4.78 is 4.55. The third kappa shape index (κ3) is 5.11. The molecule has 0 spiro atoms. The Morgan fingerprint density at radius 3 is 2.29 bits per heavy atom. The van der Waals surface area contributed by atoms with Crippen LogP contribution in [-0.2, 0) is 4.74 Å². The van der Waals surface area contributed by atoms with E-state index in [4.69, 9.17) is 0 Å². The zero-order valence-electron chi connectivity index (χ0n) is 8.49. The van der Waals surface area contributed by atoms with E-state index >= 15 is 0 Å². The van der Waals surface area contributed by atoms with Crippen LogP contribution >= 0.6 is 0 Å². The van der Waals surface area contributed by atoms with Crippen LogP contribution in [0.4, 0.5) is 0 Å². The van der Waals surface area contributed by atoms with Crippen molar-refractivity contribution in [3.8, 4) is 0 Å². The second-order valence-corrected chi connectivity index (χ2v) is 2.44.